The quantitative estimate of drug-likeness (QED) is 0.547. The smallest absolute Gasteiger partial charge is 0.326 e. The molecule has 1 rings (SSSR count). The number of ether oxygens (including phenoxy) is 2. The Morgan fingerprint density at radius 1 is 1.09 bits per heavy atom. The van der Waals surface area contributed by atoms with Crippen molar-refractivity contribution in [2.75, 3.05) is 31.3 Å². The zero-order valence-corrected chi connectivity index (χ0v) is 13.8. The Kier molecular flexibility index (Phi) is 7.60. The fraction of sp³-hybridized carbons (Fsp3) is 0.529. The fourth-order valence-electron chi connectivity index (χ4n) is 2.30. The predicted octanol–water partition coefficient (Wildman–Crippen LogP) is 2.63. The third-order valence-corrected chi connectivity index (χ3v) is 3.27. The highest BCUT2D eigenvalue weighted by Crippen LogP contribution is 2.25. The first-order chi connectivity index (χ1) is 10.5. The minimum Gasteiger partial charge on any atom is -0.465 e. The molecular formula is C17H25NO4. The number of para-hydroxylation sites is 1. The second-order valence-electron chi connectivity index (χ2n) is 4.97. The van der Waals surface area contributed by atoms with Gasteiger partial charge in [0.05, 0.1) is 25.3 Å². The molecule has 0 aromatic heterocycles. The Bertz CT molecular complexity index is 493. The molecule has 5 heteroatoms. The summed E-state index contributed by atoms with van der Waals surface area (Å²) in [6.45, 7) is 8.61. The van der Waals surface area contributed by atoms with Crippen molar-refractivity contribution >= 4 is 17.6 Å². The van der Waals surface area contributed by atoms with Gasteiger partial charge in [-0.05, 0) is 38.8 Å². The van der Waals surface area contributed by atoms with Crippen molar-refractivity contribution in [3.8, 4) is 0 Å². The van der Waals surface area contributed by atoms with Gasteiger partial charge in [-0.1, -0.05) is 18.2 Å². The van der Waals surface area contributed by atoms with Crippen molar-refractivity contribution < 1.29 is 19.1 Å². The number of benzene rings is 1. The summed E-state index contributed by atoms with van der Waals surface area (Å²) in [6, 6.07) is 5.79. The topological polar surface area (TPSA) is 55.8 Å². The molecule has 5 nitrogen and oxygen atoms in total. The number of esters is 1. The SMILES string of the molecule is CCOCCC(=O)N(CC(=O)OCC)c1c(C)cccc1C. The predicted molar refractivity (Wildman–Crippen MR) is 86.0 cm³/mol. The average molecular weight is 307 g/mol. The number of hydrogen-bond acceptors (Lipinski definition) is 4. The number of anilines is 1. The van der Waals surface area contributed by atoms with E-state index >= 15 is 0 Å². The van der Waals surface area contributed by atoms with E-state index in [4.69, 9.17) is 9.47 Å². The minimum absolute atomic E-state index is 0.0789. The van der Waals surface area contributed by atoms with E-state index in [2.05, 4.69) is 0 Å². The van der Waals surface area contributed by atoms with Gasteiger partial charge in [0.15, 0.2) is 0 Å². The maximum Gasteiger partial charge on any atom is 0.326 e. The molecule has 0 N–H and O–H groups in total. The van der Waals surface area contributed by atoms with Gasteiger partial charge in [0.2, 0.25) is 5.91 Å². The molecule has 0 saturated heterocycles. The molecule has 0 saturated carbocycles. The summed E-state index contributed by atoms with van der Waals surface area (Å²) in [5.41, 5.74) is 2.68. The number of nitrogens with zero attached hydrogens (tertiary/aromatic N) is 1. The molecule has 0 aliphatic carbocycles. The fourth-order valence-corrected chi connectivity index (χ4v) is 2.30. The van der Waals surface area contributed by atoms with Crippen molar-refractivity contribution in [2.45, 2.75) is 34.1 Å². The molecule has 0 heterocycles. The lowest BCUT2D eigenvalue weighted by Gasteiger charge is -2.25. The zero-order valence-electron chi connectivity index (χ0n) is 13.8. The molecule has 0 aliphatic heterocycles. The summed E-state index contributed by atoms with van der Waals surface area (Å²) in [7, 11) is 0. The Labute approximate surface area is 132 Å². The highest BCUT2D eigenvalue weighted by atomic mass is 16.5. The maximum absolute atomic E-state index is 12.5. The van der Waals surface area contributed by atoms with Crippen LogP contribution in [0.25, 0.3) is 0 Å². The van der Waals surface area contributed by atoms with Crippen molar-refractivity contribution in [2.24, 2.45) is 0 Å². The van der Waals surface area contributed by atoms with Gasteiger partial charge in [-0.3, -0.25) is 9.59 Å². The van der Waals surface area contributed by atoms with Gasteiger partial charge < -0.3 is 14.4 Å². The van der Waals surface area contributed by atoms with E-state index in [9.17, 15) is 9.59 Å². The molecule has 1 amide bonds. The standard InChI is InChI=1S/C17H25NO4/c1-5-21-11-10-15(19)18(12-16(20)22-6-2)17-13(3)8-7-9-14(17)4/h7-9H,5-6,10-12H2,1-4H3. The molecule has 22 heavy (non-hydrogen) atoms. The van der Waals surface area contributed by atoms with E-state index in [0.29, 0.717) is 19.8 Å². The van der Waals surface area contributed by atoms with Gasteiger partial charge in [-0.15, -0.1) is 0 Å². The summed E-state index contributed by atoms with van der Waals surface area (Å²) in [5, 5.41) is 0. The number of carbonyl (C=O) groups excluding carboxylic acids is 2. The molecule has 1 aromatic carbocycles. The summed E-state index contributed by atoms with van der Waals surface area (Å²) in [4.78, 5) is 25.8. The van der Waals surface area contributed by atoms with E-state index < -0.39 is 5.97 Å². The molecule has 0 atom stereocenters. The van der Waals surface area contributed by atoms with Gasteiger partial charge in [0.1, 0.15) is 6.54 Å². The van der Waals surface area contributed by atoms with Gasteiger partial charge in [0.25, 0.3) is 0 Å². The third-order valence-electron chi connectivity index (χ3n) is 3.27. The highest BCUT2D eigenvalue weighted by Gasteiger charge is 2.22. The van der Waals surface area contributed by atoms with Crippen LogP contribution in [0, 0.1) is 13.8 Å². The Morgan fingerprint density at radius 2 is 1.73 bits per heavy atom. The normalized spacial score (nSPS) is 10.4. The first-order valence-corrected chi connectivity index (χ1v) is 7.61. The van der Waals surface area contributed by atoms with E-state index in [0.717, 1.165) is 16.8 Å². The first-order valence-electron chi connectivity index (χ1n) is 7.61. The molecule has 1 aromatic rings. The lowest BCUT2D eigenvalue weighted by atomic mass is 10.1. The van der Waals surface area contributed by atoms with Crippen LogP contribution in [0.5, 0.6) is 0 Å². The van der Waals surface area contributed by atoms with Gasteiger partial charge in [-0.25, -0.2) is 0 Å². The molecule has 122 valence electrons. The monoisotopic (exact) mass is 307 g/mol. The molecule has 0 fully saturated rings. The lowest BCUT2D eigenvalue weighted by molar-refractivity contribution is -0.142. The van der Waals surface area contributed by atoms with Crippen LogP contribution in [0.1, 0.15) is 31.4 Å². The average Bonchev–Trinajstić information content (AvgIpc) is 2.46. The number of aryl methyl sites for hydroxylation is 2. The van der Waals surface area contributed by atoms with Gasteiger partial charge in [-0.2, -0.15) is 0 Å². The van der Waals surface area contributed by atoms with Crippen LogP contribution in [0.4, 0.5) is 5.69 Å². The van der Waals surface area contributed by atoms with E-state index in [-0.39, 0.29) is 18.9 Å². The highest BCUT2D eigenvalue weighted by molar-refractivity contribution is 5.99. The van der Waals surface area contributed by atoms with Crippen molar-refractivity contribution in [1.82, 2.24) is 0 Å². The summed E-state index contributed by atoms with van der Waals surface area (Å²) < 4.78 is 10.2. The molecule has 0 spiro atoms. The molecule has 0 bridgehead atoms. The van der Waals surface area contributed by atoms with Crippen LogP contribution in [-0.2, 0) is 19.1 Å². The van der Waals surface area contributed by atoms with E-state index in [1.54, 1.807) is 6.92 Å². The Hall–Kier alpha value is -1.88. The van der Waals surface area contributed by atoms with Crippen molar-refractivity contribution in [3.63, 3.8) is 0 Å². The van der Waals surface area contributed by atoms with Crippen LogP contribution in [0.3, 0.4) is 0 Å². The zero-order chi connectivity index (χ0) is 16.5. The van der Waals surface area contributed by atoms with Crippen molar-refractivity contribution in [3.05, 3.63) is 29.3 Å². The van der Waals surface area contributed by atoms with Crippen LogP contribution < -0.4 is 4.90 Å². The number of amides is 1. The number of rotatable bonds is 8. The molecule has 0 radical (unpaired) electrons. The van der Waals surface area contributed by atoms with E-state index in [1.165, 1.54) is 4.90 Å². The van der Waals surface area contributed by atoms with Crippen LogP contribution in [0.2, 0.25) is 0 Å². The van der Waals surface area contributed by atoms with Crippen LogP contribution >= 0.6 is 0 Å². The van der Waals surface area contributed by atoms with Crippen molar-refractivity contribution in [1.29, 1.82) is 0 Å². The van der Waals surface area contributed by atoms with Gasteiger partial charge in [0, 0.05) is 6.61 Å². The Balaban J connectivity index is 3.00. The lowest BCUT2D eigenvalue weighted by Crippen LogP contribution is -2.38. The summed E-state index contributed by atoms with van der Waals surface area (Å²) >= 11 is 0. The minimum atomic E-state index is -0.407. The summed E-state index contributed by atoms with van der Waals surface area (Å²) in [6.07, 6.45) is 0.237. The summed E-state index contributed by atoms with van der Waals surface area (Å²) in [5.74, 6) is -0.547. The number of hydrogen-bond donors (Lipinski definition) is 0. The van der Waals surface area contributed by atoms with Crippen LogP contribution in [0.15, 0.2) is 18.2 Å². The Morgan fingerprint density at radius 3 is 2.27 bits per heavy atom. The first kappa shape index (κ1) is 18.2. The largest absolute Gasteiger partial charge is 0.465 e. The second-order valence-corrected chi connectivity index (χ2v) is 4.97. The second kappa shape index (κ2) is 9.20. The third kappa shape index (κ3) is 5.15. The maximum atomic E-state index is 12.5. The van der Waals surface area contributed by atoms with Gasteiger partial charge >= 0.3 is 5.97 Å². The van der Waals surface area contributed by atoms with E-state index in [1.807, 2.05) is 39.0 Å². The number of carbonyl (C=O) groups is 2. The molecular weight excluding hydrogens is 282 g/mol. The molecule has 0 unspecified atom stereocenters. The van der Waals surface area contributed by atoms with Crippen LogP contribution in [-0.4, -0.2) is 38.2 Å². The molecule has 0 aliphatic rings.